The lowest BCUT2D eigenvalue weighted by atomic mass is 10.0. The standard InChI is InChI=1S/C10H17NO2/c1-13-10(12)7-6-9(11)8-4-2-3-5-8/h6,8H,2-5,7,11H2,1H3/b9-6+. The molecule has 0 aromatic heterocycles. The molecule has 1 saturated carbocycles. The summed E-state index contributed by atoms with van der Waals surface area (Å²) in [4.78, 5) is 10.8. The summed E-state index contributed by atoms with van der Waals surface area (Å²) in [5, 5.41) is 0. The van der Waals surface area contributed by atoms with Crippen molar-refractivity contribution in [2.24, 2.45) is 11.7 Å². The van der Waals surface area contributed by atoms with E-state index in [0.29, 0.717) is 12.3 Å². The van der Waals surface area contributed by atoms with Gasteiger partial charge in [-0.3, -0.25) is 4.79 Å². The predicted octanol–water partition coefficient (Wildman–Crippen LogP) is 1.58. The summed E-state index contributed by atoms with van der Waals surface area (Å²) in [6, 6.07) is 0. The highest BCUT2D eigenvalue weighted by Gasteiger charge is 2.17. The fourth-order valence-electron chi connectivity index (χ4n) is 1.71. The molecule has 0 radical (unpaired) electrons. The zero-order valence-corrected chi connectivity index (χ0v) is 8.08. The Hall–Kier alpha value is -0.990. The number of rotatable bonds is 3. The summed E-state index contributed by atoms with van der Waals surface area (Å²) in [7, 11) is 1.39. The molecular weight excluding hydrogens is 166 g/mol. The summed E-state index contributed by atoms with van der Waals surface area (Å²) >= 11 is 0. The van der Waals surface area contributed by atoms with Gasteiger partial charge < -0.3 is 10.5 Å². The average Bonchev–Trinajstić information content (AvgIpc) is 2.66. The minimum atomic E-state index is -0.221. The molecule has 0 bridgehead atoms. The van der Waals surface area contributed by atoms with E-state index in [-0.39, 0.29) is 5.97 Å². The molecule has 74 valence electrons. The quantitative estimate of drug-likeness (QED) is 0.676. The lowest BCUT2D eigenvalue weighted by Crippen LogP contribution is -2.09. The van der Waals surface area contributed by atoms with E-state index in [1.54, 1.807) is 6.08 Å². The van der Waals surface area contributed by atoms with Crippen LogP contribution in [-0.4, -0.2) is 13.1 Å². The van der Waals surface area contributed by atoms with E-state index < -0.39 is 0 Å². The van der Waals surface area contributed by atoms with Gasteiger partial charge in [0.15, 0.2) is 0 Å². The summed E-state index contributed by atoms with van der Waals surface area (Å²) in [6.45, 7) is 0. The number of carbonyl (C=O) groups is 1. The molecule has 3 heteroatoms. The third-order valence-electron chi connectivity index (χ3n) is 2.56. The van der Waals surface area contributed by atoms with Crippen molar-refractivity contribution in [1.29, 1.82) is 0 Å². The molecule has 3 nitrogen and oxygen atoms in total. The van der Waals surface area contributed by atoms with Gasteiger partial charge in [0.05, 0.1) is 13.5 Å². The van der Waals surface area contributed by atoms with Crippen molar-refractivity contribution in [2.45, 2.75) is 32.1 Å². The number of esters is 1. The molecule has 0 aromatic rings. The highest BCUT2D eigenvalue weighted by atomic mass is 16.5. The first kappa shape index (κ1) is 10.1. The fourth-order valence-corrected chi connectivity index (χ4v) is 1.71. The van der Waals surface area contributed by atoms with Gasteiger partial charge in [0.2, 0.25) is 0 Å². The summed E-state index contributed by atoms with van der Waals surface area (Å²) in [6.07, 6.45) is 6.96. The lowest BCUT2D eigenvalue weighted by Gasteiger charge is -2.08. The number of hydrogen-bond acceptors (Lipinski definition) is 3. The average molecular weight is 183 g/mol. The highest BCUT2D eigenvalue weighted by molar-refractivity contribution is 5.71. The molecule has 2 N–H and O–H groups in total. The molecular formula is C10H17NO2. The van der Waals surface area contributed by atoms with Gasteiger partial charge in [-0.15, -0.1) is 0 Å². The minimum absolute atomic E-state index is 0.221. The van der Waals surface area contributed by atoms with Crippen molar-refractivity contribution in [3.05, 3.63) is 11.8 Å². The van der Waals surface area contributed by atoms with Gasteiger partial charge in [0, 0.05) is 5.70 Å². The minimum Gasteiger partial charge on any atom is -0.469 e. The molecule has 0 heterocycles. The molecule has 0 aromatic carbocycles. The zero-order chi connectivity index (χ0) is 9.68. The molecule has 1 aliphatic carbocycles. The molecule has 0 amide bonds. The van der Waals surface area contributed by atoms with Gasteiger partial charge in [-0.1, -0.05) is 18.9 Å². The number of nitrogens with two attached hydrogens (primary N) is 1. The Morgan fingerprint density at radius 3 is 2.69 bits per heavy atom. The fraction of sp³-hybridized carbons (Fsp3) is 0.700. The van der Waals surface area contributed by atoms with Crippen LogP contribution in [0.1, 0.15) is 32.1 Å². The van der Waals surface area contributed by atoms with Crippen LogP contribution in [0.4, 0.5) is 0 Å². The molecule has 1 fully saturated rings. The van der Waals surface area contributed by atoms with Crippen LogP contribution >= 0.6 is 0 Å². The second kappa shape index (κ2) is 4.90. The Morgan fingerprint density at radius 2 is 2.15 bits per heavy atom. The zero-order valence-electron chi connectivity index (χ0n) is 8.08. The smallest absolute Gasteiger partial charge is 0.309 e. The van der Waals surface area contributed by atoms with Crippen molar-refractivity contribution >= 4 is 5.97 Å². The van der Waals surface area contributed by atoms with Gasteiger partial charge in [0.25, 0.3) is 0 Å². The molecule has 13 heavy (non-hydrogen) atoms. The molecule has 1 aliphatic rings. The topological polar surface area (TPSA) is 52.3 Å². The Kier molecular flexibility index (Phi) is 3.80. The Bertz CT molecular complexity index is 205. The first-order chi connectivity index (χ1) is 6.24. The third-order valence-corrected chi connectivity index (χ3v) is 2.56. The van der Waals surface area contributed by atoms with Crippen LogP contribution in [0, 0.1) is 5.92 Å². The van der Waals surface area contributed by atoms with Crippen molar-refractivity contribution in [1.82, 2.24) is 0 Å². The molecule has 0 saturated heterocycles. The molecule has 0 aliphatic heterocycles. The number of methoxy groups -OCH3 is 1. The van der Waals surface area contributed by atoms with E-state index in [9.17, 15) is 4.79 Å². The van der Waals surface area contributed by atoms with Crippen LogP contribution in [0.5, 0.6) is 0 Å². The van der Waals surface area contributed by atoms with Crippen LogP contribution in [0.2, 0.25) is 0 Å². The van der Waals surface area contributed by atoms with Crippen LogP contribution < -0.4 is 5.73 Å². The maximum atomic E-state index is 10.8. The van der Waals surface area contributed by atoms with E-state index in [0.717, 1.165) is 5.70 Å². The summed E-state index contributed by atoms with van der Waals surface area (Å²) < 4.78 is 4.52. The van der Waals surface area contributed by atoms with Crippen LogP contribution in [0.3, 0.4) is 0 Å². The van der Waals surface area contributed by atoms with Gasteiger partial charge in [0.1, 0.15) is 0 Å². The monoisotopic (exact) mass is 183 g/mol. The summed E-state index contributed by atoms with van der Waals surface area (Å²) in [5.74, 6) is 0.283. The number of ether oxygens (including phenoxy) is 1. The first-order valence-electron chi connectivity index (χ1n) is 4.76. The van der Waals surface area contributed by atoms with Crippen molar-refractivity contribution in [2.75, 3.05) is 7.11 Å². The van der Waals surface area contributed by atoms with Crippen molar-refractivity contribution in [3.63, 3.8) is 0 Å². The molecule has 0 spiro atoms. The van der Waals surface area contributed by atoms with Crippen LogP contribution in [0.15, 0.2) is 11.8 Å². The van der Waals surface area contributed by atoms with E-state index in [4.69, 9.17) is 5.73 Å². The second-order valence-electron chi connectivity index (χ2n) is 3.47. The van der Waals surface area contributed by atoms with E-state index in [2.05, 4.69) is 4.74 Å². The number of allylic oxidation sites excluding steroid dienone is 1. The Labute approximate surface area is 78.9 Å². The molecule has 0 atom stereocenters. The van der Waals surface area contributed by atoms with E-state index >= 15 is 0 Å². The maximum absolute atomic E-state index is 10.8. The van der Waals surface area contributed by atoms with E-state index in [1.807, 2.05) is 0 Å². The number of hydrogen-bond donors (Lipinski definition) is 1. The predicted molar refractivity (Wildman–Crippen MR) is 50.9 cm³/mol. The number of carbonyl (C=O) groups excluding carboxylic acids is 1. The van der Waals surface area contributed by atoms with Gasteiger partial charge in [-0.05, 0) is 18.8 Å². The van der Waals surface area contributed by atoms with E-state index in [1.165, 1.54) is 32.8 Å². The van der Waals surface area contributed by atoms with Gasteiger partial charge in [-0.2, -0.15) is 0 Å². The second-order valence-corrected chi connectivity index (χ2v) is 3.47. The van der Waals surface area contributed by atoms with Crippen LogP contribution in [0.25, 0.3) is 0 Å². The third kappa shape index (κ3) is 3.09. The Balaban J connectivity index is 2.36. The molecule has 0 unspecified atom stereocenters. The summed E-state index contributed by atoms with van der Waals surface area (Å²) in [5.41, 5.74) is 6.70. The van der Waals surface area contributed by atoms with Crippen molar-refractivity contribution < 1.29 is 9.53 Å². The van der Waals surface area contributed by atoms with Crippen LogP contribution in [-0.2, 0) is 9.53 Å². The van der Waals surface area contributed by atoms with Gasteiger partial charge in [-0.25, -0.2) is 0 Å². The Morgan fingerprint density at radius 1 is 1.54 bits per heavy atom. The largest absolute Gasteiger partial charge is 0.469 e. The SMILES string of the molecule is COC(=O)C/C=C(/N)C1CCCC1. The maximum Gasteiger partial charge on any atom is 0.309 e. The highest BCUT2D eigenvalue weighted by Crippen LogP contribution is 2.28. The first-order valence-corrected chi connectivity index (χ1v) is 4.76. The molecule has 1 rings (SSSR count). The van der Waals surface area contributed by atoms with Crippen molar-refractivity contribution in [3.8, 4) is 0 Å². The lowest BCUT2D eigenvalue weighted by molar-refractivity contribution is -0.139. The van der Waals surface area contributed by atoms with Gasteiger partial charge >= 0.3 is 5.97 Å². The normalized spacial score (nSPS) is 19.0.